The van der Waals surface area contributed by atoms with Crippen LogP contribution in [0, 0.1) is 23.7 Å². The van der Waals surface area contributed by atoms with Gasteiger partial charge in [0.05, 0.1) is 0 Å². The average molecular weight is 348 g/mol. The van der Waals surface area contributed by atoms with Crippen LogP contribution in [0.25, 0.3) is 0 Å². The number of rotatable bonds is 6. The van der Waals surface area contributed by atoms with Gasteiger partial charge >= 0.3 is 11.9 Å². The molecule has 0 radical (unpaired) electrons. The van der Waals surface area contributed by atoms with E-state index in [1.165, 1.54) is 18.6 Å². The molecule has 0 spiro atoms. The Balaban J connectivity index is 1.79. The SMILES string of the molecule is C=CC(=O)OC1CCC(CC2CCC(OC(=O)C=C)CC2C)C(C)C1. The monoisotopic (exact) mass is 348 g/mol. The molecule has 6 atom stereocenters. The van der Waals surface area contributed by atoms with Crippen molar-refractivity contribution in [2.24, 2.45) is 23.7 Å². The highest BCUT2D eigenvalue weighted by Gasteiger charge is 2.35. The molecule has 0 bridgehead atoms. The van der Waals surface area contributed by atoms with Crippen molar-refractivity contribution in [3.8, 4) is 0 Å². The maximum atomic E-state index is 11.4. The van der Waals surface area contributed by atoms with E-state index in [-0.39, 0.29) is 24.1 Å². The van der Waals surface area contributed by atoms with Gasteiger partial charge in [0.15, 0.2) is 0 Å². The van der Waals surface area contributed by atoms with Crippen LogP contribution < -0.4 is 0 Å². The lowest BCUT2D eigenvalue weighted by Crippen LogP contribution is -2.34. The minimum Gasteiger partial charge on any atom is -0.459 e. The number of hydrogen-bond donors (Lipinski definition) is 0. The molecule has 25 heavy (non-hydrogen) atoms. The van der Waals surface area contributed by atoms with Crippen LogP contribution in [0.4, 0.5) is 0 Å². The molecule has 4 heteroatoms. The summed E-state index contributed by atoms with van der Waals surface area (Å²) < 4.78 is 10.8. The number of esters is 2. The van der Waals surface area contributed by atoms with Gasteiger partial charge in [0.25, 0.3) is 0 Å². The smallest absolute Gasteiger partial charge is 0.330 e. The van der Waals surface area contributed by atoms with Gasteiger partial charge in [-0.25, -0.2) is 9.59 Å². The van der Waals surface area contributed by atoms with E-state index in [0.29, 0.717) is 23.7 Å². The van der Waals surface area contributed by atoms with Crippen molar-refractivity contribution in [3.05, 3.63) is 25.3 Å². The Morgan fingerprint density at radius 3 is 1.56 bits per heavy atom. The van der Waals surface area contributed by atoms with Crippen LogP contribution in [0.2, 0.25) is 0 Å². The topological polar surface area (TPSA) is 52.6 Å². The summed E-state index contributed by atoms with van der Waals surface area (Å²) in [6, 6.07) is 0. The molecular weight excluding hydrogens is 316 g/mol. The van der Waals surface area contributed by atoms with Gasteiger partial charge in [0, 0.05) is 12.2 Å². The summed E-state index contributed by atoms with van der Waals surface area (Å²) in [5.74, 6) is 1.91. The molecule has 0 amide bonds. The molecule has 0 aromatic carbocycles. The molecular formula is C21H32O4. The molecule has 0 aromatic heterocycles. The van der Waals surface area contributed by atoms with E-state index in [9.17, 15) is 9.59 Å². The number of carbonyl (C=O) groups is 2. The second kappa shape index (κ2) is 9.21. The summed E-state index contributed by atoms with van der Waals surface area (Å²) in [6.45, 7) is 11.5. The van der Waals surface area contributed by atoms with Crippen molar-refractivity contribution in [2.45, 2.75) is 71.0 Å². The van der Waals surface area contributed by atoms with Crippen molar-refractivity contribution in [3.63, 3.8) is 0 Å². The Hall–Kier alpha value is -1.58. The fourth-order valence-corrected chi connectivity index (χ4v) is 4.55. The quantitative estimate of drug-likeness (QED) is 0.526. The van der Waals surface area contributed by atoms with Gasteiger partial charge in [-0.15, -0.1) is 0 Å². The first-order valence-corrected chi connectivity index (χ1v) is 9.59. The van der Waals surface area contributed by atoms with Crippen LogP contribution in [-0.2, 0) is 19.1 Å². The van der Waals surface area contributed by atoms with Crippen molar-refractivity contribution in [1.82, 2.24) is 0 Å². The molecule has 140 valence electrons. The highest BCUT2D eigenvalue weighted by molar-refractivity contribution is 5.81. The summed E-state index contributed by atoms with van der Waals surface area (Å²) in [4.78, 5) is 22.7. The average Bonchev–Trinajstić information content (AvgIpc) is 2.59. The molecule has 2 aliphatic carbocycles. The molecule has 0 saturated heterocycles. The van der Waals surface area contributed by atoms with E-state index in [0.717, 1.165) is 38.5 Å². The number of hydrogen-bond acceptors (Lipinski definition) is 4. The molecule has 4 nitrogen and oxygen atoms in total. The summed E-state index contributed by atoms with van der Waals surface area (Å²) >= 11 is 0. The van der Waals surface area contributed by atoms with Crippen LogP contribution in [0.5, 0.6) is 0 Å². The summed E-state index contributed by atoms with van der Waals surface area (Å²) in [5.41, 5.74) is 0. The van der Waals surface area contributed by atoms with Crippen LogP contribution >= 0.6 is 0 Å². The Labute approximate surface area is 151 Å². The Morgan fingerprint density at radius 1 is 0.840 bits per heavy atom. The third-order valence-electron chi connectivity index (χ3n) is 6.10. The minimum atomic E-state index is -0.309. The zero-order valence-corrected chi connectivity index (χ0v) is 15.6. The standard InChI is InChI=1S/C21H32O4/c1-5-20(22)24-18-9-7-16(14(3)11-18)13-17-8-10-19(12-15(17)4)25-21(23)6-2/h5-6,14-19H,1-2,7-13H2,3-4H3. The predicted molar refractivity (Wildman–Crippen MR) is 97.8 cm³/mol. The number of ether oxygens (including phenoxy) is 2. The summed E-state index contributed by atoms with van der Waals surface area (Å²) in [5, 5.41) is 0. The van der Waals surface area contributed by atoms with E-state index in [4.69, 9.17) is 9.47 Å². The van der Waals surface area contributed by atoms with Gasteiger partial charge in [-0.1, -0.05) is 27.0 Å². The lowest BCUT2D eigenvalue weighted by atomic mass is 9.69. The van der Waals surface area contributed by atoms with E-state index in [2.05, 4.69) is 27.0 Å². The fourth-order valence-electron chi connectivity index (χ4n) is 4.55. The van der Waals surface area contributed by atoms with E-state index >= 15 is 0 Å². The maximum Gasteiger partial charge on any atom is 0.330 e. The van der Waals surface area contributed by atoms with Crippen LogP contribution in [0.15, 0.2) is 25.3 Å². The first-order chi connectivity index (χ1) is 11.9. The van der Waals surface area contributed by atoms with Crippen molar-refractivity contribution in [1.29, 1.82) is 0 Å². The fraction of sp³-hybridized carbons (Fsp3) is 0.714. The van der Waals surface area contributed by atoms with E-state index in [1.807, 2.05) is 0 Å². The van der Waals surface area contributed by atoms with Gasteiger partial charge < -0.3 is 9.47 Å². The highest BCUT2D eigenvalue weighted by Crippen LogP contribution is 2.41. The normalized spacial score (nSPS) is 35.4. The van der Waals surface area contributed by atoms with Gasteiger partial charge in [0.1, 0.15) is 12.2 Å². The van der Waals surface area contributed by atoms with E-state index < -0.39 is 0 Å². The maximum absolute atomic E-state index is 11.4. The first kappa shape index (κ1) is 19.7. The van der Waals surface area contributed by atoms with Crippen molar-refractivity contribution in [2.75, 3.05) is 0 Å². The molecule has 2 saturated carbocycles. The third kappa shape index (κ3) is 5.72. The molecule has 0 N–H and O–H groups in total. The zero-order chi connectivity index (χ0) is 18.4. The molecule has 2 aliphatic rings. The lowest BCUT2D eigenvalue weighted by Gasteiger charge is -2.39. The second-order valence-corrected chi connectivity index (χ2v) is 7.86. The molecule has 0 aliphatic heterocycles. The third-order valence-corrected chi connectivity index (χ3v) is 6.10. The van der Waals surface area contributed by atoms with Crippen LogP contribution in [0.3, 0.4) is 0 Å². The summed E-state index contributed by atoms with van der Waals surface area (Å²) in [7, 11) is 0. The van der Waals surface area contributed by atoms with Crippen molar-refractivity contribution < 1.29 is 19.1 Å². The largest absolute Gasteiger partial charge is 0.459 e. The molecule has 2 rings (SSSR count). The Kier molecular flexibility index (Phi) is 7.27. The first-order valence-electron chi connectivity index (χ1n) is 9.59. The van der Waals surface area contributed by atoms with E-state index in [1.54, 1.807) is 0 Å². The minimum absolute atomic E-state index is 0.0447. The number of carbonyl (C=O) groups excluding carboxylic acids is 2. The lowest BCUT2D eigenvalue weighted by molar-refractivity contribution is -0.146. The highest BCUT2D eigenvalue weighted by atomic mass is 16.5. The Bertz CT molecular complexity index is 454. The summed E-state index contributed by atoms with van der Waals surface area (Å²) in [6.07, 6.45) is 9.85. The molecule has 2 fully saturated rings. The zero-order valence-electron chi connectivity index (χ0n) is 15.6. The Morgan fingerprint density at radius 2 is 1.24 bits per heavy atom. The predicted octanol–water partition coefficient (Wildman–Crippen LogP) is 4.44. The van der Waals surface area contributed by atoms with Gasteiger partial charge in [-0.05, 0) is 68.6 Å². The van der Waals surface area contributed by atoms with Gasteiger partial charge in [0.2, 0.25) is 0 Å². The van der Waals surface area contributed by atoms with Crippen LogP contribution in [0.1, 0.15) is 58.8 Å². The molecule has 6 unspecified atom stereocenters. The van der Waals surface area contributed by atoms with Gasteiger partial charge in [-0.2, -0.15) is 0 Å². The van der Waals surface area contributed by atoms with Gasteiger partial charge in [-0.3, -0.25) is 0 Å². The second-order valence-electron chi connectivity index (χ2n) is 7.86. The molecule has 0 aromatic rings. The van der Waals surface area contributed by atoms with Crippen LogP contribution in [-0.4, -0.2) is 24.1 Å². The van der Waals surface area contributed by atoms with Crippen molar-refractivity contribution >= 4 is 11.9 Å². The molecule has 0 heterocycles.